The largest absolute Gasteiger partial charge is 0.331 e. The lowest BCUT2D eigenvalue weighted by molar-refractivity contribution is 0.365. The molecule has 1 N–H and O–H groups in total. The van der Waals surface area contributed by atoms with Gasteiger partial charge in [0, 0.05) is 13.5 Å². The quantitative estimate of drug-likeness (QED) is 0.855. The van der Waals surface area contributed by atoms with Crippen molar-refractivity contribution >= 4 is 11.0 Å². The number of aromatic nitrogens is 2. The Morgan fingerprint density at radius 3 is 2.82 bits per heavy atom. The lowest BCUT2D eigenvalue weighted by atomic mass is 9.94. The summed E-state index contributed by atoms with van der Waals surface area (Å²) in [7, 11) is 2.13. The van der Waals surface area contributed by atoms with Crippen LogP contribution in [0, 0.1) is 5.92 Å². The number of piperidine rings is 1. The van der Waals surface area contributed by atoms with Crippen LogP contribution in [-0.2, 0) is 13.5 Å². The van der Waals surface area contributed by atoms with Gasteiger partial charge in [-0.2, -0.15) is 0 Å². The maximum Gasteiger partial charge on any atom is 0.109 e. The van der Waals surface area contributed by atoms with Crippen molar-refractivity contribution < 1.29 is 0 Å². The van der Waals surface area contributed by atoms with Crippen molar-refractivity contribution in [3.8, 4) is 0 Å². The zero-order valence-electron chi connectivity index (χ0n) is 10.3. The number of nitrogens with zero attached hydrogens (tertiary/aromatic N) is 2. The third-order valence-corrected chi connectivity index (χ3v) is 3.81. The fourth-order valence-corrected chi connectivity index (χ4v) is 2.72. The maximum absolute atomic E-state index is 4.75. The van der Waals surface area contributed by atoms with Gasteiger partial charge in [-0.15, -0.1) is 0 Å². The molecule has 0 atom stereocenters. The Balaban J connectivity index is 1.87. The van der Waals surface area contributed by atoms with Crippen molar-refractivity contribution in [3.05, 3.63) is 30.1 Å². The Morgan fingerprint density at radius 1 is 1.29 bits per heavy atom. The van der Waals surface area contributed by atoms with Gasteiger partial charge in [-0.1, -0.05) is 12.1 Å². The molecular formula is C14H19N3. The second kappa shape index (κ2) is 4.49. The van der Waals surface area contributed by atoms with Crippen molar-refractivity contribution in [2.75, 3.05) is 13.1 Å². The third-order valence-electron chi connectivity index (χ3n) is 3.81. The molecule has 1 aromatic heterocycles. The molecule has 1 fully saturated rings. The van der Waals surface area contributed by atoms with E-state index < -0.39 is 0 Å². The number of benzene rings is 1. The van der Waals surface area contributed by atoms with Gasteiger partial charge in [-0.25, -0.2) is 4.98 Å². The Morgan fingerprint density at radius 2 is 2.06 bits per heavy atom. The van der Waals surface area contributed by atoms with E-state index in [2.05, 4.69) is 41.2 Å². The molecule has 1 saturated heterocycles. The van der Waals surface area contributed by atoms with Crippen molar-refractivity contribution in [2.45, 2.75) is 19.3 Å². The van der Waals surface area contributed by atoms with Crippen LogP contribution in [0.1, 0.15) is 18.7 Å². The average molecular weight is 229 g/mol. The van der Waals surface area contributed by atoms with Crippen LogP contribution in [0.3, 0.4) is 0 Å². The van der Waals surface area contributed by atoms with E-state index in [4.69, 9.17) is 4.98 Å². The second-order valence-corrected chi connectivity index (χ2v) is 4.97. The van der Waals surface area contributed by atoms with Gasteiger partial charge in [-0.05, 0) is 44.0 Å². The van der Waals surface area contributed by atoms with Crippen molar-refractivity contribution in [1.82, 2.24) is 14.9 Å². The number of nitrogens with one attached hydrogen (secondary N) is 1. The summed E-state index contributed by atoms with van der Waals surface area (Å²) in [5.41, 5.74) is 2.37. The molecule has 3 nitrogen and oxygen atoms in total. The molecule has 2 aromatic rings. The number of hydrogen-bond acceptors (Lipinski definition) is 2. The van der Waals surface area contributed by atoms with Crippen LogP contribution in [0.5, 0.6) is 0 Å². The Hall–Kier alpha value is -1.35. The fourth-order valence-electron chi connectivity index (χ4n) is 2.72. The van der Waals surface area contributed by atoms with E-state index >= 15 is 0 Å². The van der Waals surface area contributed by atoms with Crippen molar-refractivity contribution in [2.24, 2.45) is 13.0 Å². The van der Waals surface area contributed by atoms with Gasteiger partial charge in [0.25, 0.3) is 0 Å². The molecule has 90 valence electrons. The molecule has 0 unspecified atom stereocenters. The summed E-state index contributed by atoms with van der Waals surface area (Å²) >= 11 is 0. The molecule has 3 rings (SSSR count). The van der Waals surface area contributed by atoms with E-state index in [1.54, 1.807) is 0 Å². The summed E-state index contributed by atoms with van der Waals surface area (Å²) in [5, 5.41) is 3.41. The molecule has 2 heterocycles. The zero-order valence-corrected chi connectivity index (χ0v) is 10.3. The molecular weight excluding hydrogens is 210 g/mol. The summed E-state index contributed by atoms with van der Waals surface area (Å²) in [6.45, 7) is 2.32. The minimum absolute atomic E-state index is 0.798. The van der Waals surface area contributed by atoms with Crippen LogP contribution >= 0.6 is 0 Å². The Labute approximate surface area is 102 Å². The molecule has 0 saturated carbocycles. The first-order valence-electron chi connectivity index (χ1n) is 6.45. The highest BCUT2D eigenvalue weighted by atomic mass is 15.1. The Bertz CT molecular complexity index is 509. The molecule has 1 aromatic carbocycles. The maximum atomic E-state index is 4.75. The summed E-state index contributed by atoms with van der Waals surface area (Å²) in [5.74, 6) is 2.03. The number of aryl methyl sites for hydroxylation is 1. The smallest absolute Gasteiger partial charge is 0.109 e. The number of para-hydroxylation sites is 2. The van der Waals surface area contributed by atoms with Gasteiger partial charge < -0.3 is 9.88 Å². The van der Waals surface area contributed by atoms with E-state index in [1.165, 1.54) is 24.2 Å². The summed E-state index contributed by atoms with van der Waals surface area (Å²) < 4.78 is 2.25. The highest BCUT2D eigenvalue weighted by Crippen LogP contribution is 2.20. The van der Waals surface area contributed by atoms with E-state index in [0.29, 0.717) is 0 Å². The predicted octanol–water partition coefficient (Wildman–Crippen LogP) is 2.12. The van der Waals surface area contributed by atoms with Gasteiger partial charge in [0.1, 0.15) is 5.82 Å². The van der Waals surface area contributed by atoms with Gasteiger partial charge in [-0.3, -0.25) is 0 Å². The summed E-state index contributed by atoms with van der Waals surface area (Å²) in [6, 6.07) is 8.39. The van der Waals surface area contributed by atoms with Gasteiger partial charge in [0.05, 0.1) is 11.0 Å². The second-order valence-electron chi connectivity index (χ2n) is 4.97. The van der Waals surface area contributed by atoms with Crippen molar-refractivity contribution in [3.63, 3.8) is 0 Å². The standard InChI is InChI=1S/C14H19N3/c1-17-13-5-3-2-4-12(13)16-14(17)10-11-6-8-15-9-7-11/h2-5,11,15H,6-10H2,1H3. The first kappa shape index (κ1) is 10.8. The van der Waals surface area contributed by atoms with Crippen molar-refractivity contribution in [1.29, 1.82) is 0 Å². The molecule has 3 heteroatoms. The average Bonchev–Trinajstić information content (AvgIpc) is 2.68. The first-order valence-corrected chi connectivity index (χ1v) is 6.45. The molecule has 0 amide bonds. The minimum Gasteiger partial charge on any atom is -0.331 e. The van der Waals surface area contributed by atoms with Crippen LogP contribution in [0.25, 0.3) is 11.0 Å². The highest BCUT2D eigenvalue weighted by Gasteiger charge is 2.16. The molecule has 0 aliphatic carbocycles. The van der Waals surface area contributed by atoms with Crippen LogP contribution in [0.15, 0.2) is 24.3 Å². The molecule has 17 heavy (non-hydrogen) atoms. The van der Waals surface area contributed by atoms with Crippen LogP contribution in [0.4, 0.5) is 0 Å². The summed E-state index contributed by atoms with van der Waals surface area (Å²) in [6.07, 6.45) is 3.68. The molecule has 0 spiro atoms. The van der Waals surface area contributed by atoms with E-state index in [1.807, 2.05) is 0 Å². The van der Waals surface area contributed by atoms with Crippen LogP contribution < -0.4 is 5.32 Å². The lowest BCUT2D eigenvalue weighted by Gasteiger charge is -2.22. The van der Waals surface area contributed by atoms with Crippen LogP contribution in [0.2, 0.25) is 0 Å². The number of rotatable bonds is 2. The topological polar surface area (TPSA) is 29.9 Å². The minimum atomic E-state index is 0.798. The normalized spacial score (nSPS) is 17.7. The van der Waals surface area contributed by atoms with E-state index in [0.717, 1.165) is 30.9 Å². The summed E-state index contributed by atoms with van der Waals surface area (Å²) in [4.78, 5) is 4.75. The lowest BCUT2D eigenvalue weighted by Crippen LogP contribution is -2.29. The Kier molecular flexibility index (Phi) is 2.85. The predicted molar refractivity (Wildman–Crippen MR) is 70.0 cm³/mol. The monoisotopic (exact) mass is 229 g/mol. The van der Waals surface area contributed by atoms with Crippen LogP contribution in [-0.4, -0.2) is 22.6 Å². The van der Waals surface area contributed by atoms with E-state index in [-0.39, 0.29) is 0 Å². The SMILES string of the molecule is Cn1c(CC2CCNCC2)nc2ccccc21. The zero-order chi connectivity index (χ0) is 11.7. The number of imidazole rings is 1. The highest BCUT2D eigenvalue weighted by molar-refractivity contribution is 5.75. The van der Waals surface area contributed by atoms with Gasteiger partial charge in [0.2, 0.25) is 0 Å². The molecule has 1 aliphatic heterocycles. The number of hydrogen-bond donors (Lipinski definition) is 1. The number of fused-ring (bicyclic) bond motifs is 1. The van der Waals surface area contributed by atoms with E-state index in [9.17, 15) is 0 Å². The van der Waals surface area contributed by atoms with Gasteiger partial charge in [0.15, 0.2) is 0 Å². The third kappa shape index (κ3) is 2.07. The molecule has 1 aliphatic rings. The fraction of sp³-hybridized carbons (Fsp3) is 0.500. The molecule has 0 bridgehead atoms. The van der Waals surface area contributed by atoms with Gasteiger partial charge >= 0.3 is 0 Å². The molecule has 0 radical (unpaired) electrons. The first-order chi connectivity index (χ1) is 8.34.